The Morgan fingerprint density at radius 3 is 2.41 bits per heavy atom. The van der Waals surface area contributed by atoms with E-state index in [1.165, 1.54) is 6.26 Å². The van der Waals surface area contributed by atoms with Gasteiger partial charge in [-0.25, -0.2) is 8.42 Å². The largest absolute Gasteiger partial charge is 0.384 e. The predicted octanol–water partition coefficient (Wildman–Crippen LogP) is 0.994. The molecule has 0 spiro atoms. The fraction of sp³-hybridized carbons (Fsp3) is 0.545. The molecule has 0 radical (unpaired) electrons. The molecule has 0 amide bonds. The Morgan fingerprint density at radius 1 is 1.41 bits per heavy atom. The van der Waals surface area contributed by atoms with Gasteiger partial charge in [-0.2, -0.15) is 5.26 Å². The van der Waals surface area contributed by atoms with Gasteiger partial charge >= 0.3 is 0 Å². The summed E-state index contributed by atoms with van der Waals surface area (Å²) < 4.78 is 23.9. The molecule has 0 aromatic carbocycles. The summed E-state index contributed by atoms with van der Waals surface area (Å²) in [6, 6.07) is 2.07. The number of nitrogens with zero attached hydrogens (tertiary/aromatic N) is 2. The maximum atomic E-state index is 11.0. The van der Waals surface area contributed by atoms with Crippen LogP contribution in [0, 0.1) is 25.2 Å². The molecular weight excluding hydrogens is 238 g/mol. The van der Waals surface area contributed by atoms with E-state index >= 15 is 0 Å². The Labute approximate surface area is 102 Å². The molecule has 0 aliphatic carbocycles. The third kappa shape index (κ3) is 3.01. The maximum absolute atomic E-state index is 11.0. The van der Waals surface area contributed by atoms with E-state index < -0.39 is 9.84 Å². The summed E-state index contributed by atoms with van der Waals surface area (Å²) in [6.45, 7) is 4.25. The molecule has 17 heavy (non-hydrogen) atoms. The quantitative estimate of drug-likeness (QED) is 0.869. The predicted molar refractivity (Wildman–Crippen MR) is 67.4 cm³/mol. The molecule has 5 nitrogen and oxygen atoms in total. The summed E-state index contributed by atoms with van der Waals surface area (Å²) in [5.41, 5.74) is 8.13. The van der Waals surface area contributed by atoms with Crippen LogP contribution in [0.15, 0.2) is 0 Å². The van der Waals surface area contributed by atoms with Gasteiger partial charge in [0.1, 0.15) is 21.7 Å². The molecule has 6 heteroatoms. The third-order valence-corrected chi connectivity index (χ3v) is 3.91. The normalized spacial score (nSPS) is 11.4. The number of nitriles is 1. The number of hydrogen-bond donors (Lipinski definition) is 1. The van der Waals surface area contributed by atoms with Gasteiger partial charge < -0.3 is 10.3 Å². The van der Waals surface area contributed by atoms with E-state index in [1.807, 2.05) is 13.8 Å². The second-order valence-corrected chi connectivity index (χ2v) is 6.48. The van der Waals surface area contributed by atoms with E-state index in [2.05, 4.69) is 6.07 Å². The van der Waals surface area contributed by atoms with Crippen molar-refractivity contribution < 1.29 is 8.42 Å². The lowest BCUT2D eigenvalue weighted by Gasteiger charge is -2.08. The smallest absolute Gasteiger partial charge is 0.147 e. The van der Waals surface area contributed by atoms with E-state index in [9.17, 15) is 8.42 Å². The monoisotopic (exact) mass is 255 g/mol. The number of anilines is 1. The Bertz CT molecular complexity index is 565. The molecule has 0 saturated carbocycles. The maximum Gasteiger partial charge on any atom is 0.147 e. The van der Waals surface area contributed by atoms with E-state index in [0.29, 0.717) is 24.3 Å². The van der Waals surface area contributed by atoms with Crippen molar-refractivity contribution in [2.24, 2.45) is 0 Å². The second-order valence-electron chi connectivity index (χ2n) is 4.22. The molecule has 1 rings (SSSR count). The Morgan fingerprint density at radius 2 is 2.00 bits per heavy atom. The van der Waals surface area contributed by atoms with Crippen LogP contribution in [-0.4, -0.2) is 25.0 Å². The molecule has 0 saturated heterocycles. The molecule has 0 unspecified atom stereocenters. The van der Waals surface area contributed by atoms with Gasteiger partial charge in [-0.15, -0.1) is 0 Å². The van der Waals surface area contributed by atoms with Crippen LogP contribution in [0.1, 0.15) is 23.2 Å². The number of hydrogen-bond acceptors (Lipinski definition) is 4. The van der Waals surface area contributed by atoms with E-state index in [-0.39, 0.29) is 5.75 Å². The zero-order valence-electron chi connectivity index (χ0n) is 10.3. The van der Waals surface area contributed by atoms with Gasteiger partial charge in [-0.1, -0.05) is 0 Å². The first-order chi connectivity index (χ1) is 7.78. The lowest BCUT2D eigenvalue weighted by atomic mass is 10.2. The van der Waals surface area contributed by atoms with Crippen molar-refractivity contribution >= 4 is 15.7 Å². The highest BCUT2D eigenvalue weighted by molar-refractivity contribution is 7.90. The highest BCUT2D eigenvalue weighted by Crippen LogP contribution is 2.23. The van der Waals surface area contributed by atoms with E-state index in [1.54, 1.807) is 4.57 Å². The van der Waals surface area contributed by atoms with Gasteiger partial charge in [0.05, 0.1) is 11.3 Å². The lowest BCUT2D eigenvalue weighted by molar-refractivity contribution is 0.591. The van der Waals surface area contributed by atoms with Crippen molar-refractivity contribution in [3.05, 3.63) is 16.8 Å². The summed E-state index contributed by atoms with van der Waals surface area (Å²) in [5, 5.41) is 8.95. The van der Waals surface area contributed by atoms with Crippen LogP contribution < -0.4 is 5.73 Å². The molecule has 0 aliphatic heterocycles. The fourth-order valence-corrected chi connectivity index (χ4v) is 2.46. The molecule has 0 aliphatic rings. The van der Waals surface area contributed by atoms with Crippen LogP contribution in [0.25, 0.3) is 0 Å². The number of rotatable bonds is 4. The Hall–Kier alpha value is -1.48. The number of nitrogens with two attached hydrogens (primary N) is 1. The minimum Gasteiger partial charge on any atom is -0.384 e. The number of nitrogen functional groups attached to an aromatic ring is 1. The SMILES string of the molecule is Cc1c(C#N)c(N)n(CCCS(C)(=O)=O)c1C. The molecule has 0 bridgehead atoms. The lowest BCUT2D eigenvalue weighted by Crippen LogP contribution is -2.10. The van der Waals surface area contributed by atoms with Crippen molar-refractivity contribution in [2.45, 2.75) is 26.8 Å². The molecule has 1 aromatic rings. The van der Waals surface area contributed by atoms with Gasteiger partial charge in [-0.05, 0) is 25.8 Å². The molecule has 0 fully saturated rings. The number of aromatic nitrogens is 1. The highest BCUT2D eigenvalue weighted by atomic mass is 32.2. The molecule has 0 atom stereocenters. The molecule has 94 valence electrons. The van der Waals surface area contributed by atoms with Crippen molar-refractivity contribution in [3.63, 3.8) is 0 Å². The average Bonchev–Trinajstić information content (AvgIpc) is 2.40. The minimum absolute atomic E-state index is 0.130. The minimum atomic E-state index is -2.95. The molecule has 2 N–H and O–H groups in total. The Kier molecular flexibility index (Phi) is 3.83. The number of sulfone groups is 1. The average molecular weight is 255 g/mol. The topological polar surface area (TPSA) is 88.9 Å². The summed E-state index contributed by atoms with van der Waals surface area (Å²) in [7, 11) is -2.95. The summed E-state index contributed by atoms with van der Waals surface area (Å²) >= 11 is 0. The van der Waals surface area contributed by atoms with Crippen LogP contribution in [-0.2, 0) is 16.4 Å². The highest BCUT2D eigenvalue weighted by Gasteiger charge is 2.14. The molecular formula is C11H17N3O2S. The first kappa shape index (κ1) is 13.6. The fourth-order valence-electron chi connectivity index (χ4n) is 1.81. The van der Waals surface area contributed by atoms with Gasteiger partial charge in [0.25, 0.3) is 0 Å². The molecule has 1 heterocycles. The summed E-state index contributed by atoms with van der Waals surface area (Å²) in [5.74, 6) is 0.557. The second kappa shape index (κ2) is 4.80. The van der Waals surface area contributed by atoms with Crippen LogP contribution >= 0.6 is 0 Å². The third-order valence-electron chi connectivity index (χ3n) is 2.88. The summed E-state index contributed by atoms with van der Waals surface area (Å²) in [4.78, 5) is 0. The zero-order chi connectivity index (χ0) is 13.2. The van der Waals surface area contributed by atoms with Gasteiger partial charge in [-0.3, -0.25) is 0 Å². The van der Waals surface area contributed by atoms with Crippen LogP contribution in [0.2, 0.25) is 0 Å². The van der Waals surface area contributed by atoms with Gasteiger partial charge in [0.2, 0.25) is 0 Å². The van der Waals surface area contributed by atoms with Crippen molar-refractivity contribution in [2.75, 3.05) is 17.7 Å². The van der Waals surface area contributed by atoms with Crippen molar-refractivity contribution in [1.82, 2.24) is 4.57 Å². The first-order valence-corrected chi connectivity index (χ1v) is 7.37. The van der Waals surface area contributed by atoms with Crippen LogP contribution in [0.3, 0.4) is 0 Å². The van der Waals surface area contributed by atoms with Crippen LogP contribution in [0.5, 0.6) is 0 Å². The first-order valence-electron chi connectivity index (χ1n) is 5.31. The van der Waals surface area contributed by atoms with Crippen molar-refractivity contribution in [3.8, 4) is 6.07 Å². The van der Waals surface area contributed by atoms with Gasteiger partial charge in [0.15, 0.2) is 0 Å². The van der Waals surface area contributed by atoms with Crippen molar-refractivity contribution in [1.29, 1.82) is 5.26 Å². The zero-order valence-corrected chi connectivity index (χ0v) is 11.1. The summed E-state index contributed by atoms with van der Waals surface area (Å²) in [6.07, 6.45) is 1.72. The molecule has 1 aromatic heterocycles. The van der Waals surface area contributed by atoms with E-state index in [4.69, 9.17) is 11.0 Å². The standard InChI is InChI=1S/C11H17N3O2S/c1-8-9(2)14(11(13)10(8)7-12)5-4-6-17(3,15)16/h4-6,13H2,1-3H3. The van der Waals surface area contributed by atoms with Crippen LogP contribution in [0.4, 0.5) is 5.82 Å². The van der Waals surface area contributed by atoms with Gasteiger partial charge in [0, 0.05) is 18.5 Å². The Balaban J connectivity index is 2.90. The van der Waals surface area contributed by atoms with E-state index in [0.717, 1.165) is 11.3 Å².